The van der Waals surface area contributed by atoms with Crippen LogP contribution < -0.4 is 10.8 Å². The van der Waals surface area contributed by atoms with Gasteiger partial charge in [-0.05, 0) is 38.2 Å². The van der Waals surface area contributed by atoms with Crippen LogP contribution in [0, 0.1) is 0 Å². The first-order valence-electron chi connectivity index (χ1n) is 11.0. The summed E-state index contributed by atoms with van der Waals surface area (Å²) >= 11 is 6.44. The van der Waals surface area contributed by atoms with Gasteiger partial charge in [0, 0.05) is 47.6 Å². The molecule has 0 saturated carbocycles. The summed E-state index contributed by atoms with van der Waals surface area (Å²) in [5.41, 5.74) is 4.26. The van der Waals surface area contributed by atoms with Gasteiger partial charge in [-0.1, -0.05) is 48.0 Å². The van der Waals surface area contributed by atoms with Gasteiger partial charge in [-0.25, -0.2) is 4.98 Å². The quantitative estimate of drug-likeness (QED) is 0.370. The van der Waals surface area contributed by atoms with Gasteiger partial charge in [-0.3, -0.25) is 4.79 Å². The zero-order valence-corrected chi connectivity index (χ0v) is 19.4. The number of rotatable bonds is 5. The van der Waals surface area contributed by atoms with Crippen molar-refractivity contribution in [3.8, 4) is 11.3 Å². The standard InChI is InChI=1S/C24H27BClN5O/c1-3-7-16(4-2)24(32)30-12-10-17(11-13-30)28-22-14-21(18-8-5-6-9-20(18)26)29-23-19(25)15-27-31(22)23/h3-9,14-15,17,28H,10-13,25H2,1-2H3/b7-3-,16-4+. The second kappa shape index (κ2) is 9.61. The van der Waals surface area contributed by atoms with Gasteiger partial charge in [0.1, 0.15) is 13.7 Å². The average molecular weight is 448 g/mol. The molecule has 0 bridgehead atoms. The van der Waals surface area contributed by atoms with Gasteiger partial charge in [0.2, 0.25) is 0 Å². The van der Waals surface area contributed by atoms with Gasteiger partial charge in [-0.2, -0.15) is 9.61 Å². The molecule has 32 heavy (non-hydrogen) atoms. The Morgan fingerprint density at radius 2 is 2.00 bits per heavy atom. The van der Waals surface area contributed by atoms with E-state index in [9.17, 15) is 4.79 Å². The highest BCUT2D eigenvalue weighted by Crippen LogP contribution is 2.29. The molecule has 0 unspecified atom stereocenters. The lowest BCUT2D eigenvalue weighted by Crippen LogP contribution is -2.43. The molecule has 164 valence electrons. The smallest absolute Gasteiger partial charge is 0.253 e. The van der Waals surface area contributed by atoms with Gasteiger partial charge in [-0.15, -0.1) is 0 Å². The number of aromatic nitrogens is 3. The van der Waals surface area contributed by atoms with Crippen molar-refractivity contribution in [2.45, 2.75) is 32.7 Å². The molecule has 1 amide bonds. The van der Waals surface area contributed by atoms with Crippen LogP contribution in [-0.4, -0.2) is 52.4 Å². The van der Waals surface area contributed by atoms with E-state index >= 15 is 0 Å². The van der Waals surface area contributed by atoms with Crippen molar-refractivity contribution in [2.75, 3.05) is 18.4 Å². The van der Waals surface area contributed by atoms with Crippen molar-refractivity contribution >= 4 is 42.3 Å². The summed E-state index contributed by atoms with van der Waals surface area (Å²) in [5, 5.41) is 8.83. The maximum Gasteiger partial charge on any atom is 0.253 e. The topological polar surface area (TPSA) is 62.5 Å². The van der Waals surface area contributed by atoms with Crippen LogP contribution in [0.25, 0.3) is 16.9 Å². The summed E-state index contributed by atoms with van der Waals surface area (Å²) in [6.07, 6.45) is 9.20. The number of nitrogens with one attached hydrogen (secondary N) is 1. The van der Waals surface area contributed by atoms with Gasteiger partial charge in [0.15, 0.2) is 5.65 Å². The summed E-state index contributed by atoms with van der Waals surface area (Å²) in [4.78, 5) is 19.5. The number of fused-ring (bicyclic) bond motifs is 1. The molecule has 0 aliphatic carbocycles. The lowest BCUT2D eigenvalue weighted by Gasteiger charge is -2.33. The Hall–Kier alpha value is -3.06. The van der Waals surface area contributed by atoms with E-state index < -0.39 is 0 Å². The number of likely N-dealkylation sites (tertiary alicyclic amines) is 1. The fraction of sp³-hybridized carbons (Fsp3) is 0.292. The summed E-state index contributed by atoms with van der Waals surface area (Å²) in [7, 11) is 2.00. The minimum Gasteiger partial charge on any atom is -0.367 e. The highest BCUT2D eigenvalue weighted by atomic mass is 35.5. The van der Waals surface area contributed by atoms with E-state index in [0.29, 0.717) is 5.02 Å². The molecule has 1 N–H and O–H groups in total. The number of hydrogen-bond acceptors (Lipinski definition) is 4. The fourth-order valence-corrected chi connectivity index (χ4v) is 4.30. The monoisotopic (exact) mass is 447 g/mol. The molecule has 3 aromatic rings. The normalized spacial score (nSPS) is 15.6. The molecule has 1 aliphatic heterocycles. The predicted octanol–water partition coefficient (Wildman–Crippen LogP) is 3.23. The molecule has 0 radical (unpaired) electrons. The molecular weight excluding hydrogens is 421 g/mol. The molecule has 1 saturated heterocycles. The maximum atomic E-state index is 12.7. The van der Waals surface area contributed by atoms with Crippen LogP contribution in [0.3, 0.4) is 0 Å². The molecule has 1 fully saturated rings. The Morgan fingerprint density at radius 1 is 1.25 bits per heavy atom. The van der Waals surface area contributed by atoms with Crippen molar-refractivity contribution in [1.82, 2.24) is 19.5 Å². The van der Waals surface area contributed by atoms with Crippen molar-refractivity contribution in [3.05, 3.63) is 65.4 Å². The number of amides is 1. The minimum absolute atomic E-state index is 0.0964. The van der Waals surface area contributed by atoms with E-state index in [1.54, 1.807) is 0 Å². The highest BCUT2D eigenvalue weighted by molar-refractivity contribution is 6.36. The number of anilines is 1. The molecule has 0 atom stereocenters. The predicted molar refractivity (Wildman–Crippen MR) is 133 cm³/mol. The lowest BCUT2D eigenvalue weighted by atomic mass is 10.0. The van der Waals surface area contributed by atoms with E-state index in [1.807, 2.05) is 85.9 Å². The van der Waals surface area contributed by atoms with Crippen LogP contribution in [0.4, 0.5) is 5.82 Å². The molecule has 8 heteroatoms. The first kappa shape index (κ1) is 22.2. The van der Waals surface area contributed by atoms with E-state index in [-0.39, 0.29) is 11.9 Å². The largest absolute Gasteiger partial charge is 0.367 e. The number of halogens is 1. The third-order valence-electron chi connectivity index (χ3n) is 5.84. The van der Waals surface area contributed by atoms with Crippen LogP contribution in [0.15, 0.2) is 60.3 Å². The number of carbonyl (C=O) groups excluding carboxylic acids is 1. The Kier molecular flexibility index (Phi) is 6.65. The van der Waals surface area contributed by atoms with Gasteiger partial charge >= 0.3 is 0 Å². The summed E-state index contributed by atoms with van der Waals surface area (Å²) in [5.74, 6) is 0.977. The first-order valence-corrected chi connectivity index (χ1v) is 11.3. The van der Waals surface area contributed by atoms with Crippen molar-refractivity contribution in [2.24, 2.45) is 0 Å². The fourth-order valence-electron chi connectivity index (χ4n) is 4.07. The zero-order chi connectivity index (χ0) is 22.7. The number of allylic oxidation sites excluding steroid dienone is 2. The molecule has 1 aromatic carbocycles. The van der Waals surface area contributed by atoms with Crippen LogP contribution in [0.1, 0.15) is 26.7 Å². The number of piperidine rings is 1. The lowest BCUT2D eigenvalue weighted by molar-refractivity contribution is -0.127. The zero-order valence-electron chi connectivity index (χ0n) is 18.7. The SMILES string of the molecule is Bc1cnn2c(NC3CCN(C(=O)C(/C=C\C)=C/C)CC3)cc(-c3ccccc3Cl)nc12. The van der Waals surface area contributed by atoms with Crippen LogP contribution >= 0.6 is 11.6 Å². The van der Waals surface area contributed by atoms with E-state index in [1.165, 1.54) is 0 Å². The number of carbonyl (C=O) groups is 1. The summed E-state index contributed by atoms with van der Waals surface area (Å²) in [6, 6.07) is 9.97. The van der Waals surface area contributed by atoms with Crippen molar-refractivity contribution in [1.29, 1.82) is 0 Å². The van der Waals surface area contributed by atoms with Gasteiger partial charge in [0.25, 0.3) is 5.91 Å². The Balaban J connectivity index is 1.55. The second-order valence-corrected chi connectivity index (χ2v) is 8.43. The molecule has 6 nitrogen and oxygen atoms in total. The Bertz CT molecular complexity index is 1190. The summed E-state index contributed by atoms with van der Waals surface area (Å²) in [6.45, 7) is 5.26. The molecule has 2 aromatic heterocycles. The molecule has 1 aliphatic rings. The van der Waals surface area contributed by atoms with Crippen LogP contribution in [0.2, 0.25) is 5.02 Å². The Labute approximate surface area is 194 Å². The minimum atomic E-state index is 0.0964. The number of benzene rings is 1. The van der Waals surface area contributed by atoms with Crippen LogP contribution in [-0.2, 0) is 4.79 Å². The van der Waals surface area contributed by atoms with Gasteiger partial charge in [0.05, 0.1) is 5.69 Å². The third kappa shape index (κ3) is 4.44. The molecule has 4 rings (SSSR count). The van der Waals surface area contributed by atoms with Crippen LogP contribution in [0.5, 0.6) is 0 Å². The first-order chi connectivity index (χ1) is 15.5. The molecule has 3 heterocycles. The van der Waals surface area contributed by atoms with E-state index in [0.717, 1.165) is 59.7 Å². The van der Waals surface area contributed by atoms with Gasteiger partial charge < -0.3 is 10.2 Å². The Morgan fingerprint density at radius 3 is 2.69 bits per heavy atom. The van der Waals surface area contributed by atoms with E-state index in [4.69, 9.17) is 16.6 Å². The maximum absolute atomic E-state index is 12.7. The van der Waals surface area contributed by atoms with Crippen molar-refractivity contribution in [3.63, 3.8) is 0 Å². The number of nitrogens with zero attached hydrogens (tertiary/aromatic N) is 4. The van der Waals surface area contributed by atoms with Crippen molar-refractivity contribution < 1.29 is 4.79 Å². The van der Waals surface area contributed by atoms with E-state index in [2.05, 4.69) is 10.4 Å². The average Bonchev–Trinajstić information content (AvgIpc) is 3.19. The molecular formula is C24H27BClN5O. The number of hydrogen-bond donors (Lipinski definition) is 1. The molecule has 0 spiro atoms. The highest BCUT2D eigenvalue weighted by Gasteiger charge is 2.25. The third-order valence-corrected chi connectivity index (χ3v) is 6.17. The second-order valence-electron chi connectivity index (χ2n) is 8.02. The summed E-state index contributed by atoms with van der Waals surface area (Å²) < 4.78 is 1.84.